The standard InChI is InChI=1S/C16H21N3O2/c1-3-7-17-9-14-10-19-16(11-18-14)21-12-13-5-4-6-15(8-13)20-2/h4-6,8,10-11,17H,3,7,9,12H2,1-2H3. The lowest BCUT2D eigenvalue weighted by atomic mass is 10.2. The fourth-order valence-corrected chi connectivity index (χ4v) is 1.82. The third-order valence-corrected chi connectivity index (χ3v) is 2.94. The van der Waals surface area contributed by atoms with Crippen molar-refractivity contribution in [1.82, 2.24) is 15.3 Å². The number of nitrogens with one attached hydrogen (secondary N) is 1. The van der Waals surface area contributed by atoms with Crippen LogP contribution in [0.2, 0.25) is 0 Å². The SMILES string of the molecule is CCCNCc1cnc(OCc2cccc(OC)c2)cn1. The first-order valence-corrected chi connectivity index (χ1v) is 7.09. The number of hydrogen-bond acceptors (Lipinski definition) is 5. The van der Waals surface area contributed by atoms with Gasteiger partial charge in [0.2, 0.25) is 5.88 Å². The molecule has 0 amide bonds. The number of nitrogens with zero attached hydrogens (tertiary/aromatic N) is 2. The molecule has 5 nitrogen and oxygen atoms in total. The fraction of sp³-hybridized carbons (Fsp3) is 0.375. The molecule has 2 rings (SSSR count). The van der Waals surface area contributed by atoms with E-state index < -0.39 is 0 Å². The van der Waals surface area contributed by atoms with Gasteiger partial charge in [-0.2, -0.15) is 0 Å². The van der Waals surface area contributed by atoms with Crippen LogP contribution in [0.3, 0.4) is 0 Å². The summed E-state index contributed by atoms with van der Waals surface area (Å²) < 4.78 is 10.8. The Bertz CT molecular complexity index is 543. The van der Waals surface area contributed by atoms with E-state index >= 15 is 0 Å². The lowest BCUT2D eigenvalue weighted by molar-refractivity contribution is 0.291. The zero-order valence-corrected chi connectivity index (χ0v) is 12.5. The normalized spacial score (nSPS) is 10.4. The Hall–Kier alpha value is -2.14. The Labute approximate surface area is 125 Å². The number of hydrogen-bond donors (Lipinski definition) is 1. The van der Waals surface area contributed by atoms with E-state index in [1.165, 1.54) is 0 Å². The molecule has 0 unspecified atom stereocenters. The van der Waals surface area contributed by atoms with Gasteiger partial charge in [0.25, 0.3) is 0 Å². The molecule has 0 saturated carbocycles. The second-order valence-electron chi connectivity index (χ2n) is 4.66. The van der Waals surface area contributed by atoms with Crippen LogP contribution >= 0.6 is 0 Å². The number of ether oxygens (including phenoxy) is 2. The molecular weight excluding hydrogens is 266 g/mol. The summed E-state index contributed by atoms with van der Waals surface area (Å²) in [5, 5.41) is 3.28. The van der Waals surface area contributed by atoms with Crippen molar-refractivity contribution in [1.29, 1.82) is 0 Å². The molecule has 1 N–H and O–H groups in total. The molecule has 0 fully saturated rings. The van der Waals surface area contributed by atoms with Gasteiger partial charge in [-0.3, -0.25) is 4.98 Å². The topological polar surface area (TPSA) is 56.3 Å². The molecule has 21 heavy (non-hydrogen) atoms. The summed E-state index contributed by atoms with van der Waals surface area (Å²) in [7, 11) is 1.65. The molecule has 2 aromatic rings. The predicted octanol–water partition coefficient (Wildman–Crippen LogP) is 2.56. The molecule has 5 heteroatoms. The maximum absolute atomic E-state index is 5.62. The van der Waals surface area contributed by atoms with Crippen molar-refractivity contribution in [2.75, 3.05) is 13.7 Å². The summed E-state index contributed by atoms with van der Waals surface area (Å²) in [6, 6.07) is 7.77. The van der Waals surface area contributed by atoms with Gasteiger partial charge in [-0.05, 0) is 30.7 Å². The van der Waals surface area contributed by atoms with Gasteiger partial charge in [0.05, 0.1) is 25.2 Å². The van der Waals surface area contributed by atoms with Gasteiger partial charge in [-0.1, -0.05) is 19.1 Å². The molecule has 0 aliphatic rings. The van der Waals surface area contributed by atoms with Crippen LogP contribution in [0.4, 0.5) is 0 Å². The van der Waals surface area contributed by atoms with Gasteiger partial charge >= 0.3 is 0 Å². The molecule has 1 aromatic heterocycles. The maximum atomic E-state index is 5.62. The Balaban J connectivity index is 1.85. The number of aromatic nitrogens is 2. The molecule has 0 bridgehead atoms. The zero-order chi connectivity index (χ0) is 14.9. The minimum Gasteiger partial charge on any atom is -0.497 e. The smallest absolute Gasteiger partial charge is 0.232 e. The van der Waals surface area contributed by atoms with Crippen molar-refractivity contribution in [2.24, 2.45) is 0 Å². The van der Waals surface area contributed by atoms with E-state index in [1.807, 2.05) is 24.3 Å². The third kappa shape index (κ3) is 5.04. The molecule has 1 heterocycles. The number of rotatable bonds is 8. The zero-order valence-electron chi connectivity index (χ0n) is 12.5. The Morgan fingerprint density at radius 2 is 2.10 bits per heavy atom. The average Bonchev–Trinajstić information content (AvgIpc) is 2.54. The van der Waals surface area contributed by atoms with E-state index in [0.717, 1.165) is 36.5 Å². The summed E-state index contributed by atoms with van der Waals surface area (Å²) in [6.07, 6.45) is 4.50. The molecule has 1 aromatic carbocycles. The van der Waals surface area contributed by atoms with E-state index in [2.05, 4.69) is 22.2 Å². The van der Waals surface area contributed by atoms with E-state index in [1.54, 1.807) is 19.5 Å². The van der Waals surface area contributed by atoms with Crippen LogP contribution in [-0.2, 0) is 13.2 Å². The second-order valence-corrected chi connectivity index (χ2v) is 4.66. The summed E-state index contributed by atoms with van der Waals surface area (Å²) in [5.41, 5.74) is 1.95. The summed E-state index contributed by atoms with van der Waals surface area (Å²) in [6.45, 7) is 4.29. The third-order valence-electron chi connectivity index (χ3n) is 2.94. The van der Waals surface area contributed by atoms with E-state index in [4.69, 9.17) is 9.47 Å². The van der Waals surface area contributed by atoms with Gasteiger partial charge in [0, 0.05) is 6.54 Å². The largest absolute Gasteiger partial charge is 0.497 e. The highest BCUT2D eigenvalue weighted by molar-refractivity contribution is 5.28. The van der Waals surface area contributed by atoms with Crippen molar-refractivity contribution in [3.8, 4) is 11.6 Å². The summed E-state index contributed by atoms with van der Waals surface area (Å²) in [5.74, 6) is 1.34. The first-order chi connectivity index (χ1) is 10.3. The van der Waals surface area contributed by atoms with Gasteiger partial charge in [-0.15, -0.1) is 0 Å². The Morgan fingerprint density at radius 1 is 1.19 bits per heavy atom. The van der Waals surface area contributed by atoms with Crippen LogP contribution in [0.25, 0.3) is 0 Å². The van der Waals surface area contributed by atoms with Gasteiger partial charge in [-0.25, -0.2) is 4.98 Å². The quantitative estimate of drug-likeness (QED) is 0.756. The molecule has 0 aliphatic carbocycles. The highest BCUT2D eigenvalue weighted by atomic mass is 16.5. The molecule has 0 aliphatic heterocycles. The fourth-order valence-electron chi connectivity index (χ4n) is 1.82. The van der Waals surface area contributed by atoms with Crippen LogP contribution in [0.15, 0.2) is 36.7 Å². The molecule has 112 valence electrons. The lowest BCUT2D eigenvalue weighted by Crippen LogP contribution is -2.15. The van der Waals surface area contributed by atoms with Crippen molar-refractivity contribution in [3.05, 3.63) is 47.9 Å². The summed E-state index contributed by atoms with van der Waals surface area (Å²) >= 11 is 0. The van der Waals surface area contributed by atoms with Crippen molar-refractivity contribution >= 4 is 0 Å². The van der Waals surface area contributed by atoms with Gasteiger partial charge in [0.15, 0.2) is 0 Å². The molecular formula is C16H21N3O2. The van der Waals surface area contributed by atoms with Crippen molar-refractivity contribution in [2.45, 2.75) is 26.5 Å². The highest BCUT2D eigenvalue weighted by Gasteiger charge is 2.01. The van der Waals surface area contributed by atoms with Crippen molar-refractivity contribution < 1.29 is 9.47 Å². The second kappa shape index (κ2) is 8.21. The van der Waals surface area contributed by atoms with Crippen LogP contribution in [0.5, 0.6) is 11.6 Å². The highest BCUT2D eigenvalue weighted by Crippen LogP contribution is 2.14. The number of methoxy groups -OCH3 is 1. The predicted molar refractivity (Wildman–Crippen MR) is 81.4 cm³/mol. The molecule has 0 radical (unpaired) electrons. The molecule has 0 atom stereocenters. The summed E-state index contributed by atoms with van der Waals surface area (Å²) in [4.78, 5) is 8.58. The molecule has 0 saturated heterocycles. The Kier molecular flexibility index (Phi) is 5.97. The lowest BCUT2D eigenvalue weighted by Gasteiger charge is -2.07. The van der Waals surface area contributed by atoms with Crippen LogP contribution in [0, 0.1) is 0 Å². The van der Waals surface area contributed by atoms with Crippen LogP contribution in [-0.4, -0.2) is 23.6 Å². The maximum Gasteiger partial charge on any atom is 0.232 e. The van der Waals surface area contributed by atoms with Crippen LogP contribution in [0.1, 0.15) is 24.6 Å². The van der Waals surface area contributed by atoms with E-state index in [9.17, 15) is 0 Å². The average molecular weight is 287 g/mol. The van der Waals surface area contributed by atoms with E-state index in [0.29, 0.717) is 12.5 Å². The number of benzene rings is 1. The van der Waals surface area contributed by atoms with Crippen LogP contribution < -0.4 is 14.8 Å². The van der Waals surface area contributed by atoms with Crippen molar-refractivity contribution in [3.63, 3.8) is 0 Å². The minimum absolute atomic E-state index is 0.444. The first kappa shape index (κ1) is 15.3. The monoisotopic (exact) mass is 287 g/mol. The van der Waals surface area contributed by atoms with Gasteiger partial charge < -0.3 is 14.8 Å². The first-order valence-electron chi connectivity index (χ1n) is 7.09. The Morgan fingerprint density at radius 3 is 2.81 bits per heavy atom. The van der Waals surface area contributed by atoms with E-state index in [-0.39, 0.29) is 0 Å². The minimum atomic E-state index is 0.444. The molecule has 0 spiro atoms. The van der Waals surface area contributed by atoms with Gasteiger partial charge in [0.1, 0.15) is 12.4 Å².